The van der Waals surface area contributed by atoms with Gasteiger partial charge in [0.15, 0.2) is 5.11 Å². The molecule has 2 fully saturated rings. The molecule has 0 aliphatic carbocycles. The molecule has 0 spiro atoms. The zero-order valence-corrected chi connectivity index (χ0v) is 21.0. The fourth-order valence-electron chi connectivity index (χ4n) is 5.32. The van der Waals surface area contributed by atoms with Gasteiger partial charge in [-0.2, -0.15) is 0 Å². The maximum absolute atomic E-state index is 12.1. The molecule has 3 atom stereocenters. The van der Waals surface area contributed by atoms with Crippen LogP contribution in [0.15, 0.2) is 54.7 Å². The van der Waals surface area contributed by atoms with Crippen LogP contribution >= 0.6 is 12.2 Å². The lowest BCUT2D eigenvalue weighted by Crippen LogP contribution is -2.36. The maximum Gasteiger partial charge on any atom is 0.337 e. The van der Waals surface area contributed by atoms with Gasteiger partial charge in [-0.25, -0.2) is 4.79 Å². The van der Waals surface area contributed by atoms with E-state index in [0.717, 1.165) is 53.9 Å². The summed E-state index contributed by atoms with van der Waals surface area (Å²) in [5.41, 5.74) is 5.74. The van der Waals surface area contributed by atoms with Gasteiger partial charge >= 0.3 is 5.97 Å². The average molecular weight is 491 g/mol. The summed E-state index contributed by atoms with van der Waals surface area (Å²) in [6.45, 7) is 5.75. The highest BCUT2D eigenvalue weighted by Gasteiger charge is 2.42. The molecule has 5 rings (SSSR count). The molecule has 8 heteroatoms. The van der Waals surface area contributed by atoms with Gasteiger partial charge in [-0.1, -0.05) is 12.1 Å². The van der Waals surface area contributed by atoms with Crippen molar-refractivity contribution in [1.29, 1.82) is 0 Å². The number of nitrogens with zero attached hydrogens (tertiary/aromatic N) is 3. The van der Waals surface area contributed by atoms with Gasteiger partial charge in [0, 0.05) is 36.4 Å². The van der Waals surface area contributed by atoms with Crippen LogP contribution in [0.1, 0.15) is 57.9 Å². The van der Waals surface area contributed by atoms with Gasteiger partial charge in [0.2, 0.25) is 0 Å². The summed E-state index contributed by atoms with van der Waals surface area (Å²) in [6, 6.07) is 15.6. The fraction of sp³-hybridized carbons (Fsp3) is 0.370. The predicted molar refractivity (Wildman–Crippen MR) is 138 cm³/mol. The van der Waals surface area contributed by atoms with Gasteiger partial charge in [-0.05, 0) is 80.9 Å². The molecular formula is C27H30N4O3S. The van der Waals surface area contributed by atoms with Crippen molar-refractivity contribution in [3.63, 3.8) is 0 Å². The van der Waals surface area contributed by atoms with Crippen molar-refractivity contribution in [2.45, 2.75) is 44.9 Å². The maximum atomic E-state index is 12.1. The highest BCUT2D eigenvalue weighted by atomic mass is 32.1. The van der Waals surface area contributed by atoms with Crippen molar-refractivity contribution in [3.05, 3.63) is 82.9 Å². The minimum Gasteiger partial charge on any atom is -0.465 e. The van der Waals surface area contributed by atoms with Crippen LogP contribution in [0.3, 0.4) is 0 Å². The average Bonchev–Trinajstić information content (AvgIpc) is 3.58. The van der Waals surface area contributed by atoms with Crippen molar-refractivity contribution in [2.24, 2.45) is 0 Å². The summed E-state index contributed by atoms with van der Waals surface area (Å²) in [7, 11) is 1.40. The van der Waals surface area contributed by atoms with Crippen LogP contribution in [0.4, 0.5) is 0 Å². The van der Waals surface area contributed by atoms with Crippen LogP contribution in [0.25, 0.3) is 5.69 Å². The van der Waals surface area contributed by atoms with Gasteiger partial charge in [0.1, 0.15) is 0 Å². The fourth-order valence-corrected chi connectivity index (χ4v) is 5.64. The smallest absolute Gasteiger partial charge is 0.337 e. The quantitative estimate of drug-likeness (QED) is 0.405. The lowest BCUT2D eigenvalue weighted by atomic mass is 9.96. The van der Waals surface area contributed by atoms with Gasteiger partial charge in [0.05, 0.1) is 36.6 Å². The van der Waals surface area contributed by atoms with E-state index in [1.165, 1.54) is 12.7 Å². The summed E-state index contributed by atoms with van der Waals surface area (Å²) < 4.78 is 13.1. The molecule has 182 valence electrons. The van der Waals surface area contributed by atoms with E-state index in [4.69, 9.17) is 21.7 Å². The highest BCUT2D eigenvalue weighted by Crippen LogP contribution is 2.42. The molecule has 2 saturated heterocycles. The zero-order valence-electron chi connectivity index (χ0n) is 20.2. The molecule has 1 aromatic carbocycles. The Morgan fingerprint density at radius 1 is 1.23 bits per heavy atom. The number of carbonyl (C=O) groups excluding carboxylic acids is 1. The van der Waals surface area contributed by atoms with E-state index in [0.29, 0.717) is 5.56 Å². The van der Waals surface area contributed by atoms with Gasteiger partial charge < -0.3 is 24.3 Å². The Morgan fingerprint density at radius 2 is 2.09 bits per heavy atom. The molecule has 1 N–H and O–H groups in total. The van der Waals surface area contributed by atoms with Crippen LogP contribution in [0.5, 0.6) is 0 Å². The molecule has 2 aromatic heterocycles. The Bertz CT molecular complexity index is 1240. The van der Waals surface area contributed by atoms with E-state index >= 15 is 0 Å². The molecule has 2 aliphatic heterocycles. The van der Waals surface area contributed by atoms with E-state index in [2.05, 4.69) is 39.7 Å². The third-order valence-electron chi connectivity index (χ3n) is 6.94. The molecule has 0 radical (unpaired) electrons. The van der Waals surface area contributed by atoms with E-state index < -0.39 is 0 Å². The van der Waals surface area contributed by atoms with Crippen molar-refractivity contribution in [2.75, 3.05) is 20.3 Å². The predicted octanol–water partition coefficient (Wildman–Crippen LogP) is 4.43. The lowest BCUT2D eigenvalue weighted by molar-refractivity contribution is 0.0600. The van der Waals surface area contributed by atoms with Gasteiger partial charge in [-0.15, -0.1) is 0 Å². The minimum absolute atomic E-state index is 0.0367. The molecule has 7 nitrogen and oxygen atoms in total. The molecule has 3 unspecified atom stereocenters. The number of ether oxygens (including phenoxy) is 2. The summed E-state index contributed by atoms with van der Waals surface area (Å²) in [6.07, 6.45) is 4.11. The SMILES string of the molecule is COC(=O)c1cccc(-n2c(C)cc(C3C(c4ccccn4)NC(=S)N3CC3CCCO3)c2C)c1. The number of pyridine rings is 1. The molecule has 2 aliphatic rings. The Labute approximate surface area is 211 Å². The normalized spacial score (nSPS) is 21.9. The molecule has 35 heavy (non-hydrogen) atoms. The second-order valence-corrected chi connectivity index (χ2v) is 9.50. The van der Waals surface area contributed by atoms with Crippen LogP contribution in [0.2, 0.25) is 0 Å². The van der Waals surface area contributed by atoms with Crippen molar-refractivity contribution >= 4 is 23.3 Å². The standard InChI is InChI=1S/C27H30N4O3S/c1-17-14-22(18(2)31(17)20-9-6-8-19(15-20)26(32)33-3)25-24(23-11-4-5-12-28-23)29-27(35)30(25)16-21-10-7-13-34-21/h4-6,8-9,11-12,14-15,21,24-25H,7,10,13,16H2,1-3H3,(H,29,35). The van der Waals surface area contributed by atoms with Gasteiger partial charge in [0.25, 0.3) is 0 Å². The lowest BCUT2D eigenvalue weighted by Gasteiger charge is -2.30. The Kier molecular flexibility index (Phi) is 6.58. The third-order valence-corrected chi connectivity index (χ3v) is 7.29. The Balaban J connectivity index is 1.58. The van der Waals surface area contributed by atoms with Crippen molar-refractivity contribution < 1.29 is 14.3 Å². The largest absolute Gasteiger partial charge is 0.465 e. The number of rotatable bonds is 6. The molecule has 3 aromatic rings. The number of methoxy groups -OCH3 is 1. The van der Waals surface area contributed by atoms with Crippen LogP contribution in [-0.2, 0) is 9.47 Å². The van der Waals surface area contributed by atoms with E-state index in [9.17, 15) is 4.79 Å². The number of esters is 1. The van der Waals surface area contributed by atoms with Crippen molar-refractivity contribution in [1.82, 2.24) is 19.8 Å². The monoisotopic (exact) mass is 490 g/mol. The molecule has 4 heterocycles. The van der Waals surface area contributed by atoms with E-state index in [1.54, 1.807) is 6.07 Å². The summed E-state index contributed by atoms with van der Waals surface area (Å²) >= 11 is 5.84. The number of hydrogen-bond acceptors (Lipinski definition) is 5. The number of aryl methyl sites for hydroxylation is 1. The third kappa shape index (κ3) is 4.44. The first-order valence-corrected chi connectivity index (χ1v) is 12.4. The molecule has 0 saturated carbocycles. The summed E-state index contributed by atoms with van der Waals surface area (Å²) in [4.78, 5) is 19.1. The molecule has 0 amide bonds. The highest BCUT2D eigenvalue weighted by molar-refractivity contribution is 7.80. The van der Waals surface area contributed by atoms with Gasteiger partial charge in [-0.3, -0.25) is 4.98 Å². The first kappa shape index (κ1) is 23.5. The van der Waals surface area contributed by atoms with Crippen molar-refractivity contribution in [3.8, 4) is 5.69 Å². The summed E-state index contributed by atoms with van der Waals surface area (Å²) in [5, 5.41) is 4.26. The number of carbonyl (C=O) groups is 1. The summed E-state index contributed by atoms with van der Waals surface area (Å²) in [5.74, 6) is -0.349. The van der Waals surface area contributed by atoms with E-state index in [1.807, 2.05) is 42.6 Å². The number of nitrogens with one attached hydrogen (secondary N) is 1. The van der Waals surface area contributed by atoms with E-state index in [-0.39, 0.29) is 24.2 Å². The topological polar surface area (TPSA) is 68.6 Å². The number of benzene rings is 1. The first-order valence-electron chi connectivity index (χ1n) is 11.9. The second-order valence-electron chi connectivity index (χ2n) is 9.12. The molecular weight excluding hydrogens is 460 g/mol. The number of thiocarbonyl (C=S) groups is 1. The minimum atomic E-state index is -0.349. The Hall–Kier alpha value is -3.23. The Morgan fingerprint density at radius 3 is 2.80 bits per heavy atom. The van der Waals surface area contributed by atoms with Crippen LogP contribution < -0.4 is 5.32 Å². The second kappa shape index (κ2) is 9.79. The number of aromatic nitrogens is 2. The number of hydrogen-bond donors (Lipinski definition) is 1. The van der Waals surface area contributed by atoms with Crippen LogP contribution in [0, 0.1) is 13.8 Å². The zero-order chi connectivity index (χ0) is 24.5. The first-order chi connectivity index (χ1) is 17.0. The molecule has 0 bridgehead atoms. The van der Waals surface area contributed by atoms with Crippen LogP contribution in [-0.4, -0.2) is 51.9 Å².